The number of ketones is 1. The Balaban J connectivity index is 1.41. The number of ether oxygens (including phenoxy) is 2. The molecule has 7 heteroatoms. The molecule has 1 aromatic heterocycles. The van der Waals surface area contributed by atoms with Crippen LogP contribution in [0.2, 0.25) is 0 Å². The number of hydrogen-bond acceptors (Lipinski definition) is 6. The van der Waals surface area contributed by atoms with Gasteiger partial charge in [0, 0.05) is 29.2 Å². The Hall–Kier alpha value is -3.87. The van der Waals surface area contributed by atoms with Crippen LogP contribution in [0.25, 0.3) is 0 Å². The maximum absolute atomic E-state index is 12.4. The molecule has 4 rings (SSSR count). The lowest BCUT2D eigenvalue weighted by Gasteiger charge is -2.08. The molecule has 0 spiro atoms. The average Bonchev–Trinajstić information content (AvgIpc) is 3.17. The van der Waals surface area contributed by atoms with Crippen LogP contribution in [0, 0.1) is 0 Å². The van der Waals surface area contributed by atoms with Crippen molar-refractivity contribution in [1.82, 2.24) is 4.98 Å². The van der Waals surface area contributed by atoms with Crippen molar-refractivity contribution in [2.45, 2.75) is 6.92 Å². The third kappa shape index (κ3) is 3.78. The Morgan fingerprint density at radius 2 is 1.61 bits per heavy atom. The molecule has 0 radical (unpaired) electrons. The summed E-state index contributed by atoms with van der Waals surface area (Å²) in [4.78, 5) is 28.0. The summed E-state index contributed by atoms with van der Waals surface area (Å²) in [7, 11) is 0. The fourth-order valence-electron chi connectivity index (χ4n) is 2.72. The van der Waals surface area contributed by atoms with Crippen molar-refractivity contribution in [3.8, 4) is 11.5 Å². The molecule has 0 saturated heterocycles. The molecule has 0 unspecified atom stereocenters. The van der Waals surface area contributed by atoms with Gasteiger partial charge in [0.15, 0.2) is 17.3 Å². The maximum atomic E-state index is 12.4. The molecule has 2 N–H and O–H groups in total. The van der Waals surface area contributed by atoms with Gasteiger partial charge in [0.1, 0.15) is 5.82 Å². The standard InChI is InChI=1S/C21H17N3O4/c1-13(25)14-2-5-16(6-3-14)23-20-9-4-15(11-22-20)21(26)24-17-7-8-18-19(10-17)28-12-27-18/h2-11H,12H2,1H3,(H,22,23)(H,24,26). The second kappa shape index (κ2) is 7.40. The number of aromatic nitrogens is 1. The van der Waals surface area contributed by atoms with Gasteiger partial charge < -0.3 is 20.1 Å². The summed E-state index contributed by atoms with van der Waals surface area (Å²) in [5.41, 5.74) is 2.49. The molecular weight excluding hydrogens is 358 g/mol. The molecule has 0 saturated carbocycles. The molecule has 0 fully saturated rings. The van der Waals surface area contributed by atoms with Crippen LogP contribution in [0.5, 0.6) is 11.5 Å². The number of nitrogens with one attached hydrogen (secondary N) is 2. The van der Waals surface area contributed by atoms with Crippen molar-refractivity contribution in [3.63, 3.8) is 0 Å². The number of nitrogens with zero attached hydrogens (tertiary/aromatic N) is 1. The quantitative estimate of drug-likeness (QED) is 0.655. The number of Topliss-reactive ketones (excluding diaryl/α,β-unsaturated/α-hetero) is 1. The molecule has 2 heterocycles. The molecule has 28 heavy (non-hydrogen) atoms. The number of amides is 1. The second-order valence-corrected chi connectivity index (χ2v) is 6.21. The molecule has 0 bridgehead atoms. The molecule has 1 amide bonds. The zero-order valence-corrected chi connectivity index (χ0v) is 15.1. The maximum Gasteiger partial charge on any atom is 0.257 e. The lowest BCUT2D eigenvalue weighted by molar-refractivity contribution is 0.101. The highest BCUT2D eigenvalue weighted by atomic mass is 16.7. The first-order chi connectivity index (χ1) is 13.6. The van der Waals surface area contributed by atoms with Gasteiger partial charge in [-0.3, -0.25) is 9.59 Å². The minimum absolute atomic E-state index is 0.0162. The minimum atomic E-state index is -0.274. The van der Waals surface area contributed by atoms with Gasteiger partial charge in [0.05, 0.1) is 5.56 Å². The Bertz CT molecular complexity index is 1030. The van der Waals surface area contributed by atoms with Gasteiger partial charge in [-0.05, 0) is 55.5 Å². The van der Waals surface area contributed by atoms with E-state index in [0.717, 1.165) is 5.69 Å². The van der Waals surface area contributed by atoms with Gasteiger partial charge in [-0.15, -0.1) is 0 Å². The van der Waals surface area contributed by atoms with E-state index in [1.165, 1.54) is 13.1 Å². The van der Waals surface area contributed by atoms with Crippen molar-refractivity contribution in [1.29, 1.82) is 0 Å². The fourth-order valence-corrected chi connectivity index (χ4v) is 2.72. The van der Waals surface area contributed by atoms with Gasteiger partial charge in [-0.2, -0.15) is 0 Å². The number of rotatable bonds is 5. The number of fused-ring (bicyclic) bond motifs is 1. The largest absolute Gasteiger partial charge is 0.454 e. The van der Waals surface area contributed by atoms with Gasteiger partial charge >= 0.3 is 0 Å². The van der Waals surface area contributed by atoms with E-state index in [-0.39, 0.29) is 18.5 Å². The van der Waals surface area contributed by atoms with E-state index in [9.17, 15) is 9.59 Å². The Labute approximate surface area is 161 Å². The molecule has 0 atom stereocenters. The van der Waals surface area contributed by atoms with Crippen molar-refractivity contribution < 1.29 is 19.1 Å². The van der Waals surface area contributed by atoms with Crippen LogP contribution in [0.4, 0.5) is 17.2 Å². The van der Waals surface area contributed by atoms with E-state index < -0.39 is 0 Å². The van der Waals surface area contributed by atoms with Gasteiger partial charge in [-0.25, -0.2) is 4.98 Å². The van der Waals surface area contributed by atoms with Crippen molar-refractivity contribution >= 4 is 28.9 Å². The van der Waals surface area contributed by atoms with Crippen LogP contribution in [0.1, 0.15) is 27.6 Å². The summed E-state index contributed by atoms with van der Waals surface area (Å²) in [5.74, 6) is 1.60. The van der Waals surface area contributed by atoms with Crippen molar-refractivity contribution in [2.75, 3.05) is 17.4 Å². The molecule has 2 aromatic carbocycles. The topological polar surface area (TPSA) is 89.6 Å². The molecule has 7 nitrogen and oxygen atoms in total. The Kier molecular flexibility index (Phi) is 4.63. The van der Waals surface area contributed by atoms with Gasteiger partial charge in [0.25, 0.3) is 5.91 Å². The normalized spacial score (nSPS) is 11.8. The van der Waals surface area contributed by atoms with Gasteiger partial charge in [0.2, 0.25) is 6.79 Å². The highest BCUT2D eigenvalue weighted by Gasteiger charge is 2.15. The number of hydrogen-bond donors (Lipinski definition) is 2. The summed E-state index contributed by atoms with van der Waals surface area (Å²) in [6.45, 7) is 1.71. The van der Waals surface area contributed by atoms with Crippen LogP contribution in [-0.4, -0.2) is 23.5 Å². The number of anilines is 3. The molecule has 1 aliphatic rings. The smallest absolute Gasteiger partial charge is 0.257 e. The number of carbonyl (C=O) groups is 2. The van der Waals surface area contributed by atoms with E-state index in [2.05, 4.69) is 15.6 Å². The molecular formula is C21H17N3O4. The Morgan fingerprint density at radius 3 is 2.32 bits per heavy atom. The van der Waals surface area contributed by atoms with Gasteiger partial charge in [-0.1, -0.05) is 0 Å². The van der Waals surface area contributed by atoms with E-state index in [4.69, 9.17) is 9.47 Å². The second-order valence-electron chi connectivity index (χ2n) is 6.21. The Morgan fingerprint density at radius 1 is 0.893 bits per heavy atom. The lowest BCUT2D eigenvalue weighted by atomic mass is 10.1. The van der Waals surface area contributed by atoms with Crippen molar-refractivity contribution in [2.24, 2.45) is 0 Å². The minimum Gasteiger partial charge on any atom is -0.454 e. The van der Waals surface area contributed by atoms with E-state index in [1.807, 2.05) is 0 Å². The summed E-state index contributed by atoms with van der Waals surface area (Å²) >= 11 is 0. The van der Waals surface area contributed by atoms with Crippen LogP contribution in [0.15, 0.2) is 60.8 Å². The van der Waals surface area contributed by atoms with Crippen LogP contribution >= 0.6 is 0 Å². The summed E-state index contributed by atoms with van der Waals surface area (Å²) in [6, 6.07) is 15.7. The third-order valence-corrected chi connectivity index (χ3v) is 4.22. The van der Waals surface area contributed by atoms with Crippen LogP contribution < -0.4 is 20.1 Å². The van der Waals surface area contributed by atoms with E-state index >= 15 is 0 Å². The predicted molar refractivity (Wildman–Crippen MR) is 104 cm³/mol. The summed E-state index contributed by atoms with van der Waals surface area (Å²) in [6.07, 6.45) is 1.49. The van der Waals surface area contributed by atoms with E-state index in [1.54, 1.807) is 54.6 Å². The predicted octanol–water partition coefficient (Wildman–Crippen LogP) is 4.01. The summed E-state index contributed by atoms with van der Waals surface area (Å²) < 4.78 is 10.6. The fraction of sp³-hybridized carbons (Fsp3) is 0.0952. The zero-order valence-electron chi connectivity index (χ0n) is 15.1. The highest BCUT2D eigenvalue weighted by Crippen LogP contribution is 2.34. The molecule has 140 valence electrons. The number of benzene rings is 2. The monoisotopic (exact) mass is 375 g/mol. The van der Waals surface area contributed by atoms with Crippen LogP contribution in [0.3, 0.4) is 0 Å². The first kappa shape index (κ1) is 17.5. The highest BCUT2D eigenvalue weighted by molar-refractivity contribution is 6.04. The van der Waals surface area contributed by atoms with E-state index in [0.29, 0.717) is 34.1 Å². The van der Waals surface area contributed by atoms with Crippen molar-refractivity contribution in [3.05, 3.63) is 71.9 Å². The molecule has 3 aromatic rings. The number of carbonyl (C=O) groups excluding carboxylic acids is 2. The average molecular weight is 375 g/mol. The summed E-state index contributed by atoms with van der Waals surface area (Å²) in [5, 5.41) is 5.94. The SMILES string of the molecule is CC(=O)c1ccc(Nc2ccc(C(=O)Nc3ccc4c(c3)OCO4)cn2)cc1. The number of pyridine rings is 1. The first-order valence-electron chi connectivity index (χ1n) is 8.63. The zero-order chi connectivity index (χ0) is 19.5. The van der Waals surface area contributed by atoms with Crippen LogP contribution in [-0.2, 0) is 0 Å². The first-order valence-corrected chi connectivity index (χ1v) is 8.63. The lowest BCUT2D eigenvalue weighted by Crippen LogP contribution is -2.12. The third-order valence-electron chi connectivity index (χ3n) is 4.22. The molecule has 0 aliphatic carbocycles. The molecule has 1 aliphatic heterocycles.